The Morgan fingerprint density at radius 3 is 2.74 bits per heavy atom. The second-order valence-electron chi connectivity index (χ2n) is 4.13. The summed E-state index contributed by atoms with van der Waals surface area (Å²) in [5, 5.41) is 10.1. The lowest BCUT2D eigenvalue weighted by Crippen LogP contribution is -2.11. The molecule has 0 aliphatic rings. The van der Waals surface area contributed by atoms with Gasteiger partial charge in [0.25, 0.3) is 0 Å². The number of nitrogens with zero attached hydrogens (tertiary/aromatic N) is 2. The Bertz CT molecular complexity index is 672. The Morgan fingerprint density at radius 1 is 1.47 bits per heavy atom. The quantitative estimate of drug-likeness (QED) is 0.796. The van der Waals surface area contributed by atoms with Crippen LogP contribution < -0.4 is 0 Å². The second kappa shape index (κ2) is 5.64. The van der Waals surface area contributed by atoms with Crippen molar-refractivity contribution in [1.29, 1.82) is 5.26 Å². The molecule has 0 aliphatic heterocycles. The third-order valence-electron chi connectivity index (χ3n) is 2.70. The maximum Gasteiger partial charge on any atom is 0.196 e. The molecule has 3 nitrogen and oxygen atoms in total. The van der Waals surface area contributed by atoms with Crippen LogP contribution in [0.5, 0.6) is 0 Å². The number of halogens is 1. The fraction of sp³-hybridized carbons (Fsp3) is 0.214. The van der Waals surface area contributed by atoms with E-state index in [4.69, 9.17) is 0 Å². The summed E-state index contributed by atoms with van der Waals surface area (Å²) in [5.41, 5.74) is 1.40. The lowest BCUT2D eigenvalue weighted by molar-refractivity contribution is 0.0982. The van der Waals surface area contributed by atoms with Crippen LogP contribution in [0.25, 0.3) is 0 Å². The average molecular weight is 335 g/mol. The van der Waals surface area contributed by atoms with Gasteiger partial charge in [-0.25, -0.2) is 4.98 Å². The topological polar surface area (TPSA) is 53.8 Å². The molecule has 5 heteroatoms. The molecule has 0 aliphatic carbocycles. The highest BCUT2D eigenvalue weighted by Gasteiger charge is 2.25. The van der Waals surface area contributed by atoms with E-state index in [9.17, 15) is 10.1 Å². The van der Waals surface area contributed by atoms with Crippen molar-refractivity contribution in [2.24, 2.45) is 0 Å². The summed E-state index contributed by atoms with van der Waals surface area (Å²) in [4.78, 5) is 17.3. The number of benzene rings is 1. The highest BCUT2D eigenvalue weighted by atomic mass is 79.9. The number of aromatic nitrogens is 1. The number of ketones is 1. The first-order chi connectivity index (χ1) is 9.02. The van der Waals surface area contributed by atoms with E-state index in [2.05, 4.69) is 27.0 Å². The Labute approximate surface area is 124 Å². The molecule has 1 unspecified atom stereocenters. The maximum atomic E-state index is 12.5. The molecule has 19 heavy (non-hydrogen) atoms. The van der Waals surface area contributed by atoms with Crippen LogP contribution in [0, 0.1) is 25.2 Å². The van der Waals surface area contributed by atoms with E-state index >= 15 is 0 Å². The molecule has 0 fully saturated rings. The van der Waals surface area contributed by atoms with Gasteiger partial charge >= 0.3 is 0 Å². The van der Waals surface area contributed by atoms with E-state index in [0.717, 1.165) is 9.48 Å². The SMILES string of the molecule is Cc1nc(C)c(C(=O)C(C#N)c2cccc(Br)c2)s1. The summed E-state index contributed by atoms with van der Waals surface area (Å²) in [6.07, 6.45) is 0. The van der Waals surface area contributed by atoms with Crippen LogP contribution in [0.1, 0.15) is 31.9 Å². The minimum atomic E-state index is -0.781. The van der Waals surface area contributed by atoms with Gasteiger partial charge in [0.05, 0.1) is 21.6 Å². The molecule has 1 aromatic carbocycles. The summed E-state index contributed by atoms with van der Waals surface area (Å²) in [5.74, 6) is -0.959. The van der Waals surface area contributed by atoms with Gasteiger partial charge in [0.15, 0.2) is 5.78 Å². The van der Waals surface area contributed by atoms with E-state index < -0.39 is 5.92 Å². The molecule has 0 amide bonds. The Kier molecular flexibility index (Phi) is 4.13. The number of carbonyl (C=O) groups is 1. The first-order valence-electron chi connectivity index (χ1n) is 5.66. The van der Waals surface area contributed by atoms with Crippen molar-refractivity contribution >= 4 is 33.0 Å². The monoisotopic (exact) mass is 334 g/mol. The molecular formula is C14H11BrN2OS. The van der Waals surface area contributed by atoms with Crippen LogP contribution in [-0.2, 0) is 0 Å². The molecule has 0 radical (unpaired) electrons. The van der Waals surface area contributed by atoms with Crippen molar-refractivity contribution in [3.05, 3.63) is 49.9 Å². The van der Waals surface area contributed by atoms with Crippen LogP contribution >= 0.6 is 27.3 Å². The van der Waals surface area contributed by atoms with E-state index in [1.165, 1.54) is 11.3 Å². The van der Waals surface area contributed by atoms with Crippen molar-refractivity contribution in [3.63, 3.8) is 0 Å². The highest BCUT2D eigenvalue weighted by Crippen LogP contribution is 2.27. The van der Waals surface area contributed by atoms with Crippen LogP contribution in [0.3, 0.4) is 0 Å². The van der Waals surface area contributed by atoms with E-state index in [-0.39, 0.29) is 5.78 Å². The van der Waals surface area contributed by atoms with E-state index in [1.54, 1.807) is 19.1 Å². The molecular weight excluding hydrogens is 324 g/mol. The summed E-state index contributed by atoms with van der Waals surface area (Å²) < 4.78 is 0.857. The number of aryl methyl sites for hydroxylation is 2. The molecule has 2 rings (SSSR count). The van der Waals surface area contributed by atoms with E-state index in [1.807, 2.05) is 19.1 Å². The molecule has 2 aromatic rings. The first-order valence-corrected chi connectivity index (χ1v) is 7.27. The van der Waals surface area contributed by atoms with Gasteiger partial charge < -0.3 is 0 Å². The number of hydrogen-bond acceptors (Lipinski definition) is 4. The summed E-state index contributed by atoms with van der Waals surface area (Å²) in [7, 11) is 0. The van der Waals surface area contributed by atoms with Crippen LogP contribution in [0.2, 0.25) is 0 Å². The zero-order valence-electron chi connectivity index (χ0n) is 10.5. The van der Waals surface area contributed by atoms with Crippen LogP contribution in [0.15, 0.2) is 28.7 Å². The summed E-state index contributed by atoms with van der Waals surface area (Å²) in [6.45, 7) is 3.65. The molecule has 0 spiro atoms. The van der Waals surface area contributed by atoms with Crippen molar-refractivity contribution in [3.8, 4) is 6.07 Å². The van der Waals surface area contributed by atoms with E-state index in [0.29, 0.717) is 16.1 Å². The van der Waals surface area contributed by atoms with Gasteiger partial charge in [0.1, 0.15) is 5.92 Å². The number of Topliss-reactive ketones (excluding diaryl/α,β-unsaturated/α-hetero) is 1. The minimum Gasteiger partial charge on any atom is -0.291 e. The lowest BCUT2D eigenvalue weighted by Gasteiger charge is -2.08. The first kappa shape index (κ1) is 13.9. The van der Waals surface area contributed by atoms with Gasteiger partial charge in [-0.15, -0.1) is 11.3 Å². The number of thiazole rings is 1. The lowest BCUT2D eigenvalue weighted by atomic mass is 9.95. The predicted molar refractivity (Wildman–Crippen MR) is 78.4 cm³/mol. The van der Waals surface area contributed by atoms with Crippen molar-refractivity contribution in [2.45, 2.75) is 19.8 Å². The Morgan fingerprint density at radius 2 is 2.21 bits per heavy atom. The number of rotatable bonds is 3. The highest BCUT2D eigenvalue weighted by molar-refractivity contribution is 9.10. The van der Waals surface area contributed by atoms with Gasteiger partial charge in [-0.05, 0) is 31.5 Å². The molecule has 0 saturated heterocycles. The fourth-order valence-corrected chi connectivity index (χ4v) is 3.17. The molecule has 1 atom stereocenters. The normalized spacial score (nSPS) is 11.9. The zero-order valence-corrected chi connectivity index (χ0v) is 12.9. The molecule has 0 saturated carbocycles. The Hall–Kier alpha value is -1.51. The minimum absolute atomic E-state index is 0.177. The molecule has 0 N–H and O–H groups in total. The number of nitriles is 1. The second-order valence-corrected chi connectivity index (χ2v) is 6.25. The third-order valence-corrected chi connectivity index (χ3v) is 4.28. The fourth-order valence-electron chi connectivity index (χ4n) is 1.86. The Balaban J connectivity index is 2.41. The maximum absolute atomic E-state index is 12.5. The number of hydrogen-bond donors (Lipinski definition) is 0. The van der Waals surface area contributed by atoms with Gasteiger partial charge in [0, 0.05) is 4.47 Å². The smallest absolute Gasteiger partial charge is 0.196 e. The largest absolute Gasteiger partial charge is 0.291 e. The molecule has 0 bridgehead atoms. The number of carbonyl (C=O) groups excluding carboxylic acids is 1. The van der Waals surface area contributed by atoms with Gasteiger partial charge in [-0.3, -0.25) is 4.79 Å². The standard InChI is InChI=1S/C14H11BrN2OS/c1-8-14(19-9(2)17-8)13(18)12(7-16)10-4-3-5-11(15)6-10/h3-6,12H,1-2H3. The molecule has 96 valence electrons. The van der Waals surface area contributed by atoms with Crippen molar-refractivity contribution in [2.75, 3.05) is 0 Å². The van der Waals surface area contributed by atoms with Crippen molar-refractivity contribution in [1.82, 2.24) is 4.98 Å². The molecule has 1 aromatic heterocycles. The summed E-state index contributed by atoms with van der Waals surface area (Å²) >= 11 is 4.69. The zero-order chi connectivity index (χ0) is 14.0. The van der Waals surface area contributed by atoms with Gasteiger partial charge in [-0.1, -0.05) is 28.1 Å². The third kappa shape index (κ3) is 2.91. The van der Waals surface area contributed by atoms with Crippen LogP contribution in [-0.4, -0.2) is 10.8 Å². The van der Waals surface area contributed by atoms with Crippen LogP contribution in [0.4, 0.5) is 0 Å². The van der Waals surface area contributed by atoms with Crippen molar-refractivity contribution < 1.29 is 4.79 Å². The predicted octanol–water partition coefficient (Wildman–Crippen LogP) is 4.01. The molecule has 1 heterocycles. The van der Waals surface area contributed by atoms with Gasteiger partial charge in [-0.2, -0.15) is 5.26 Å². The average Bonchev–Trinajstić information content (AvgIpc) is 2.69. The summed E-state index contributed by atoms with van der Waals surface area (Å²) in [6, 6.07) is 9.37. The van der Waals surface area contributed by atoms with Gasteiger partial charge in [0.2, 0.25) is 0 Å².